The summed E-state index contributed by atoms with van der Waals surface area (Å²) in [5.74, 6) is -1.44. The van der Waals surface area contributed by atoms with Gasteiger partial charge in [0.2, 0.25) is 0 Å². The predicted octanol–water partition coefficient (Wildman–Crippen LogP) is 3.19. The smallest absolute Gasteiger partial charge is 0.345 e. The molecule has 0 radical (unpaired) electrons. The third-order valence-corrected chi connectivity index (χ3v) is 6.09. The van der Waals surface area contributed by atoms with Crippen LogP contribution in [0.3, 0.4) is 0 Å². The van der Waals surface area contributed by atoms with E-state index in [0.29, 0.717) is 22.8 Å². The number of thioether (sulfide) groups is 1. The SMILES string of the molecule is COC(=O)C1=C(C(=O)OC)C(N(C)C)N=C(c2cc([N+](=O)[O-])ccc2NCc2ccccc2)S1. The van der Waals surface area contributed by atoms with E-state index >= 15 is 0 Å². The first-order valence-corrected chi connectivity index (χ1v) is 11.0. The molecule has 1 aliphatic rings. The third-order valence-electron chi connectivity index (χ3n) is 4.98. The van der Waals surface area contributed by atoms with Crippen LogP contribution in [0.25, 0.3) is 0 Å². The molecule has 0 bridgehead atoms. The molecule has 0 aromatic heterocycles. The molecule has 1 N–H and O–H groups in total. The topological polar surface area (TPSA) is 123 Å². The van der Waals surface area contributed by atoms with E-state index in [-0.39, 0.29) is 16.2 Å². The second kappa shape index (κ2) is 10.9. The number of ether oxygens (including phenoxy) is 2. The molecular formula is C23H24N4O6S. The molecule has 0 spiro atoms. The highest BCUT2D eigenvalue weighted by Gasteiger charge is 2.37. The van der Waals surface area contributed by atoms with Crippen LogP contribution in [-0.2, 0) is 25.6 Å². The molecule has 10 nitrogen and oxygen atoms in total. The van der Waals surface area contributed by atoms with Crippen LogP contribution in [0.2, 0.25) is 0 Å². The van der Waals surface area contributed by atoms with E-state index in [9.17, 15) is 19.7 Å². The fourth-order valence-electron chi connectivity index (χ4n) is 3.29. The summed E-state index contributed by atoms with van der Waals surface area (Å²) in [5.41, 5.74) is 1.93. The Morgan fingerprint density at radius 3 is 2.38 bits per heavy atom. The molecule has 3 rings (SSSR count). The number of nitro groups is 1. The number of methoxy groups -OCH3 is 2. The van der Waals surface area contributed by atoms with E-state index in [1.165, 1.54) is 26.4 Å². The first-order valence-electron chi connectivity index (χ1n) is 10.2. The fraction of sp³-hybridized carbons (Fsp3) is 0.261. The Bertz CT molecular complexity index is 1160. The number of hydrogen-bond donors (Lipinski definition) is 1. The number of aliphatic imine (C=N–C) groups is 1. The number of hydrogen-bond acceptors (Lipinski definition) is 10. The Balaban J connectivity index is 2.10. The number of esters is 2. The van der Waals surface area contributed by atoms with Crippen molar-refractivity contribution in [1.82, 2.24) is 4.90 Å². The molecule has 0 fully saturated rings. The number of benzene rings is 2. The van der Waals surface area contributed by atoms with Gasteiger partial charge in [0.1, 0.15) is 16.1 Å². The molecular weight excluding hydrogens is 460 g/mol. The van der Waals surface area contributed by atoms with Crippen molar-refractivity contribution in [2.45, 2.75) is 12.7 Å². The van der Waals surface area contributed by atoms with Crippen LogP contribution < -0.4 is 5.32 Å². The number of nitro benzene ring substituents is 1. The molecule has 0 amide bonds. The number of non-ortho nitro benzene ring substituents is 1. The van der Waals surface area contributed by atoms with Crippen molar-refractivity contribution in [3.63, 3.8) is 0 Å². The molecule has 0 saturated heterocycles. The van der Waals surface area contributed by atoms with Crippen molar-refractivity contribution in [3.8, 4) is 0 Å². The van der Waals surface area contributed by atoms with Gasteiger partial charge in [-0.25, -0.2) is 9.59 Å². The number of nitrogens with zero attached hydrogens (tertiary/aromatic N) is 3. The maximum Gasteiger partial charge on any atom is 0.345 e. The van der Waals surface area contributed by atoms with Crippen LogP contribution in [0.4, 0.5) is 11.4 Å². The predicted molar refractivity (Wildman–Crippen MR) is 130 cm³/mol. The van der Waals surface area contributed by atoms with Gasteiger partial charge in [0, 0.05) is 29.9 Å². The van der Waals surface area contributed by atoms with Gasteiger partial charge in [0.05, 0.1) is 24.7 Å². The van der Waals surface area contributed by atoms with Gasteiger partial charge in [0.25, 0.3) is 5.69 Å². The molecule has 1 unspecified atom stereocenters. The zero-order chi connectivity index (χ0) is 24.8. The van der Waals surface area contributed by atoms with Gasteiger partial charge in [-0.15, -0.1) is 0 Å². The van der Waals surface area contributed by atoms with E-state index in [1.807, 2.05) is 30.3 Å². The van der Waals surface area contributed by atoms with Crippen molar-refractivity contribution in [2.75, 3.05) is 33.6 Å². The molecule has 0 saturated carbocycles. The zero-order valence-electron chi connectivity index (χ0n) is 19.1. The minimum Gasteiger partial charge on any atom is -0.466 e. The van der Waals surface area contributed by atoms with E-state index < -0.39 is 23.0 Å². The molecule has 2 aromatic carbocycles. The van der Waals surface area contributed by atoms with Gasteiger partial charge in [-0.1, -0.05) is 42.1 Å². The van der Waals surface area contributed by atoms with Gasteiger partial charge < -0.3 is 14.8 Å². The van der Waals surface area contributed by atoms with Crippen molar-refractivity contribution in [3.05, 3.63) is 80.3 Å². The highest BCUT2D eigenvalue weighted by Crippen LogP contribution is 2.38. The van der Waals surface area contributed by atoms with Crippen LogP contribution in [0.5, 0.6) is 0 Å². The van der Waals surface area contributed by atoms with Crippen LogP contribution in [0, 0.1) is 10.1 Å². The zero-order valence-corrected chi connectivity index (χ0v) is 19.9. The average molecular weight is 485 g/mol. The van der Waals surface area contributed by atoms with Crippen LogP contribution in [0.15, 0.2) is 64.0 Å². The molecule has 11 heteroatoms. The maximum absolute atomic E-state index is 12.6. The minimum absolute atomic E-state index is 0.0126. The molecule has 1 aliphatic heterocycles. The Kier molecular flexibility index (Phi) is 8.03. The Labute approximate surface area is 200 Å². The molecule has 1 atom stereocenters. The lowest BCUT2D eigenvalue weighted by molar-refractivity contribution is -0.384. The summed E-state index contributed by atoms with van der Waals surface area (Å²) in [4.78, 5) is 42.4. The van der Waals surface area contributed by atoms with E-state index in [0.717, 1.165) is 17.3 Å². The number of anilines is 1. The molecule has 178 valence electrons. The highest BCUT2D eigenvalue weighted by molar-refractivity contribution is 8.18. The summed E-state index contributed by atoms with van der Waals surface area (Å²) in [6.07, 6.45) is -0.862. The Morgan fingerprint density at radius 2 is 1.79 bits per heavy atom. The fourth-order valence-corrected chi connectivity index (χ4v) is 4.38. The molecule has 0 aliphatic carbocycles. The van der Waals surface area contributed by atoms with Crippen molar-refractivity contribution in [1.29, 1.82) is 0 Å². The average Bonchev–Trinajstić information content (AvgIpc) is 2.86. The molecule has 1 heterocycles. The summed E-state index contributed by atoms with van der Waals surface area (Å²) in [6, 6.07) is 14.0. The quantitative estimate of drug-likeness (QED) is 0.342. The third kappa shape index (κ3) is 5.43. The van der Waals surface area contributed by atoms with Crippen molar-refractivity contribution in [2.24, 2.45) is 4.99 Å². The monoisotopic (exact) mass is 484 g/mol. The van der Waals surface area contributed by atoms with Gasteiger partial charge in [-0.3, -0.25) is 20.0 Å². The van der Waals surface area contributed by atoms with E-state index in [1.54, 1.807) is 25.1 Å². The number of likely N-dealkylation sites (N-methyl/N-ethyl adjacent to an activating group) is 1. The van der Waals surface area contributed by atoms with E-state index in [4.69, 9.17) is 9.47 Å². The van der Waals surface area contributed by atoms with E-state index in [2.05, 4.69) is 10.3 Å². The Hall–Kier alpha value is -3.70. The van der Waals surface area contributed by atoms with Crippen LogP contribution in [0.1, 0.15) is 11.1 Å². The standard InChI is InChI=1S/C23H24N4O6S/c1-26(2)20-18(22(28)32-3)19(23(29)33-4)34-21(25-20)16-12-15(27(30)31)10-11-17(16)24-13-14-8-6-5-7-9-14/h5-12,20,24H,13H2,1-4H3. The summed E-state index contributed by atoms with van der Waals surface area (Å²) in [5, 5.41) is 15.1. The van der Waals surface area contributed by atoms with Gasteiger partial charge in [0.15, 0.2) is 0 Å². The van der Waals surface area contributed by atoms with Crippen LogP contribution >= 0.6 is 11.8 Å². The lowest BCUT2D eigenvalue weighted by atomic mass is 10.1. The lowest BCUT2D eigenvalue weighted by Gasteiger charge is -2.29. The highest BCUT2D eigenvalue weighted by atomic mass is 32.2. The number of rotatable bonds is 8. The van der Waals surface area contributed by atoms with Crippen molar-refractivity contribution < 1.29 is 24.0 Å². The summed E-state index contributed by atoms with van der Waals surface area (Å²) < 4.78 is 9.78. The van der Waals surface area contributed by atoms with Gasteiger partial charge in [-0.2, -0.15) is 0 Å². The summed E-state index contributed by atoms with van der Waals surface area (Å²) in [7, 11) is 5.82. The van der Waals surface area contributed by atoms with Crippen molar-refractivity contribution >= 4 is 40.1 Å². The summed E-state index contributed by atoms with van der Waals surface area (Å²) in [6.45, 7) is 0.466. The Morgan fingerprint density at radius 1 is 1.12 bits per heavy atom. The maximum atomic E-state index is 12.6. The second-order valence-corrected chi connectivity index (χ2v) is 8.42. The van der Waals surface area contributed by atoms with Gasteiger partial charge >= 0.3 is 11.9 Å². The first-order chi connectivity index (χ1) is 16.3. The van der Waals surface area contributed by atoms with Crippen LogP contribution in [-0.4, -0.2) is 61.3 Å². The van der Waals surface area contributed by atoms with Gasteiger partial charge in [-0.05, 0) is 25.7 Å². The lowest BCUT2D eigenvalue weighted by Crippen LogP contribution is -2.36. The number of carbonyl (C=O) groups excluding carboxylic acids is 2. The molecule has 2 aromatic rings. The molecule has 34 heavy (non-hydrogen) atoms. The summed E-state index contributed by atoms with van der Waals surface area (Å²) >= 11 is 0.911. The second-order valence-electron chi connectivity index (χ2n) is 7.43. The first kappa shape index (κ1) is 24.9. The largest absolute Gasteiger partial charge is 0.466 e. The number of carbonyl (C=O) groups is 2. The number of nitrogens with one attached hydrogen (secondary N) is 1. The minimum atomic E-state index is -0.862. The normalized spacial score (nSPS) is 15.6.